The normalized spacial score (nSPS) is 11.2. The van der Waals surface area contributed by atoms with Gasteiger partial charge in [-0.25, -0.2) is 4.79 Å². The lowest BCUT2D eigenvalue weighted by molar-refractivity contribution is -0.129. The van der Waals surface area contributed by atoms with Crippen molar-refractivity contribution in [2.75, 3.05) is 6.54 Å². The second-order valence-corrected chi connectivity index (χ2v) is 1.91. The highest BCUT2D eigenvalue weighted by Gasteiger charge is 1.98. The van der Waals surface area contributed by atoms with Gasteiger partial charge in [-0.3, -0.25) is 0 Å². The lowest BCUT2D eigenvalue weighted by Gasteiger charge is -1.95. The van der Waals surface area contributed by atoms with Gasteiger partial charge in [-0.2, -0.15) is 5.10 Å². The Kier molecular flexibility index (Phi) is 4.28. The summed E-state index contributed by atoms with van der Waals surface area (Å²) in [5.41, 5.74) is 2.71. The summed E-state index contributed by atoms with van der Waals surface area (Å²) >= 11 is 0. The van der Waals surface area contributed by atoms with Crippen molar-refractivity contribution in [3.05, 3.63) is 0 Å². The van der Waals surface area contributed by atoms with Crippen LogP contribution in [0.2, 0.25) is 0 Å². The van der Waals surface area contributed by atoms with Crippen molar-refractivity contribution >= 4 is 11.7 Å². The van der Waals surface area contributed by atoms with E-state index in [0.717, 1.165) is 6.42 Å². The molecular weight excluding hydrogens is 132 g/mol. The third kappa shape index (κ3) is 3.88. The van der Waals surface area contributed by atoms with Crippen molar-refractivity contribution in [3.63, 3.8) is 0 Å². The lowest BCUT2D eigenvalue weighted by Crippen LogP contribution is -2.15. The number of carboxylic acids is 1. The van der Waals surface area contributed by atoms with Crippen LogP contribution in [0.15, 0.2) is 5.10 Å². The van der Waals surface area contributed by atoms with Gasteiger partial charge in [0.1, 0.15) is 5.71 Å². The maximum Gasteiger partial charge on any atom is 0.351 e. The molecule has 0 bridgehead atoms. The van der Waals surface area contributed by atoms with Crippen LogP contribution in [-0.4, -0.2) is 23.3 Å². The van der Waals surface area contributed by atoms with Gasteiger partial charge in [0, 0.05) is 6.54 Å². The summed E-state index contributed by atoms with van der Waals surface area (Å²) in [5.74, 6) is -0.983. The van der Waals surface area contributed by atoms with Gasteiger partial charge in [-0.1, -0.05) is 6.92 Å². The fourth-order valence-corrected chi connectivity index (χ4v) is 0.334. The predicted molar refractivity (Wildman–Crippen MR) is 39.0 cm³/mol. The molecule has 0 heterocycles. The molecule has 0 aliphatic carbocycles. The van der Waals surface area contributed by atoms with Crippen LogP contribution >= 0.6 is 0 Å². The quantitative estimate of drug-likeness (QED) is 0.342. The molecule has 0 saturated carbocycles. The molecule has 0 spiro atoms. The fourth-order valence-electron chi connectivity index (χ4n) is 0.334. The van der Waals surface area contributed by atoms with Gasteiger partial charge in [0.25, 0.3) is 0 Å². The van der Waals surface area contributed by atoms with Crippen LogP contribution in [-0.2, 0) is 4.79 Å². The van der Waals surface area contributed by atoms with E-state index in [-0.39, 0.29) is 5.71 Å². The molecule has 0 aromatic rings. The summed E-state index contributed by atoms with van der Waals surface area (Å²) in [6.45, 7) is 4.15. The van der Waals surface area contributed by atoms with E-state index >= 15 is 0 Å². The molecular formula is C6H12N2O2. The standard InChI is InChI=1S/C6H12N2O2/c1-3-4-7-8-5(2)6(9)10/h7H,3-4H2,1-2H3,(H,9,10). The highest BCUT2D eigenvalue weighted by atomic mass is 16.4. The van der Waals surface area contributed by atoms with E-state index in [0.29, 0.717) is 6.54 Å². The Morgan fingerprint density at radius 2 is 2.30 bits per heavy atom. The van der Waals surface area contributed by atoms with Gasteiger partial charge in [-0.05, 0) is 13.3 Å². The average molecular weight is 144 g/mol. The van der Waals surface area contributed by atoms with Gasteiger partial charge in [-0.15, -0.1) is 0 Å². The molecule has 0 saturated heterocycles. The molecule has 10 heavy (non-hydrogen) atoms. The molecule has 0 unspecified atom stereocenters. The number of hydrogen-bond acceptors (Lipinski definition) is 3. The molecule has 4 heteroatoms. The Bertz CT molecular complexity index is 143. The smallest absolute Gasteiger partial charge is 0.351 e. The minimum Gasteiger partial charge on any atom is -0.477 e. The van der Waals surface area contributed by atoms with E-state index in [2.05, 4.69) is 10.5 Å². The van der Waals surface area contributed by atoms with Crippen molar-refractivity contribution in [1.82, 2.24) is 5.43 Å². The topological polar surface area (TPSA) is 61.7 Å². The molecule has 0 aliphatic heterocycles. The van der Waals surface area contributed by atoms with Crippen molar-refractivity contribution < 1.29 is 9.90 Å². The third-order valence-electron chi connectivity index (χ3n) is 0.918. The Hall–Kier alpha value is -1.06. The second-order valence-electron chi connectivity index (χ2n) is 1.91. The van der Waals surface area contributed by atoms with E-state index in [9.17, 15) is 4.79 Å². The third-order valence-corrected chi connectivity index (χ3v) is 0.918. The van der Waals surface area contributed by atoms with Crippen molar-refractivity contribution in [2.45, 2.75) is 20.3 Å². The Labute approximate surface area is 59.9 Å². The summed E-state index contributed by atoms with van der Waals surface area (Å²) < 4.78 is 0. The van der Waals surface area contributed by atoms with Crippen molar-refractivity contribution in [2.24, 2.45) is 5.10 Å². The molecule has 0 radical (unpaired) electrons. The number of aliphatic carboxylic acids is 1. The van der Waals surface area contributed by atoms with E-state index in [4.69, 9.17) is 5.11 Å². The Morgan fingerprint density at radius 3 is 2.70 bits per heavy atom. The van der Waals surface area contributed by atoms with Crippen LogP contribution in [0.5, 0.6) is 0 Å². The molecule has 0 fully saturated rings. The van der Waals surface area contributed by atoms with Crippen LogP contribution in [0.4, 0.5) is 0 Å². The van der Waals surface area contributed by atoms with Gasteiger partial charge < -0.3 is 10.5 Å². The molecule has 0 rings (SSSR count). The summed E-state index contributed by atoms with van der Waals surface area (Å²) in [4.78, 5) is 10.1. The van der Waals surface area contributed by atoms with E-state index in [1.807, 2.05) is 6.92 Å². The molecule has 0 aromatic heterocycles. The SMILES string of the molecule is CCCNN=C(C)C(=O)O. The highest BCUT2D eigenvalue weighted by molar-refractivity contribution is 6.34. The van der Waals surface area contributed by atoms with Crippen LogP contribution in [0, 0.1) is 0 Å². The minimum absolute atomic E-state index is 0.0912. The van der Waals surface area contributed by atoms with Gasteiger partial charge in [0.2, 0.25) is 0 Å². The number of hydrogen-bond donors (Lipinski definition) is 2. The summed E-state index contributed by atoms with van der Waals surface area (Å²) in [7, 11) is 0. The maximum absolute atomic E-state index is 10.1. The molecule has 4 nitrogen and oxygen atoms in total. The fraction of sp³-hybridized carbons (Fsp3) is 0.667. The lowest BCUT2D eigenvalue weighted by atomic mass is 10.4. The summed E-state index contributed by atoms with van der Waals surface area (Å²) in [6, 6.07) is 0. The molecule has 58 valence electrons. The zero-order chi connectivity index (χ0) is 7.98. The molecule has 0 amide bonds. The van der Waals surface area contributed by atoms with Crippen LogP contribution in [0.3, 0.4) is 0 Å². The highest BCUT2D eigenvalue weighted by Crippen LogP contribution is 1.75. The monoisotopic (exact) mass is 144 g/mol. The largest absolute Gasteiger partial charge is 0.477 e. The number of carbonyl (C=O) groups is 1. The van der Waals surface area contributed by atoms with E-state index < -0.39 is 5.97 Å². The predicted octanol–water partition coefficient (Wildman–Crippen LogP) is 0.446. The second kappa shape index (κ2) is 4.78. The average Bonchev–Trinajstić information content (AvgIpc) is 1.88. The zero-order valence-electron chi connectivity index (χ0n) is 6.22. The van der Waals surface area contributed by atoms with Crippen molar-refractivity contribution in [1.29, 1.82) is 0 Å². The first-order valence-corrected chi connectivity index (χ1v) is 3.19. The Balaban J connectivity index is 3.58. The van der Waals surface area contributed by atoms with Crippen molar-refractivity contribution in [3.8, 4) is 0 Å². The number of nitrogens with one attached hydrogen (secondary N) is 1. The number of rotatable bonds is 4. The van der Waals surface area contributed by atoms with Crippen LogP contribution in [0.25, 0.3) is 0 Å². The first-order chi connectivity index (χ1) is 4.68. The van der Waals surface area contributed by atoms with Crippen LogP contribution < -0.4 is 5.43 Å². The first-order valence-electron chi connectivity index (χ1n) is 3.19. The molecule has 0 aliphatic rings. The number of hydrazone groups is 1. The number of nitrogens with zero attached hydrogens (tertiary/aromatic N) is 1. The van der Waals surface area contributed by atoms with E-state index in [1.54, 1.807) is 0 Å². The zero-order valence-corrected chi connectivity index (χ0v) is 6.22. The molecule has 0 aromatic carbocycles. The minimum atomic E-state index is -0.983. The Morgan fingerprint density at radius 1 is 1.70 bits per heavy atom. The first kappa shape index (κ1) is 8.94. The summed E-state index contributed by atoms with van der Waals surface area (Å²) in [5, 5.41) is 11.9. The van der Waals surface area contributed by atoms with Gasteiger partial charge >= 0.3 is 5.97 Å². The van der Waals surface area contributed by atoms with Crippen LogP contribution in [0.1, 0.15) is 20.3 Å². The van der Waals surface area contributed by atoms with E-state index in [1.165, 1.54) is 6.92 Å². The van der Waals surface area contributed by atoms with Gasteiger partial charge in [0.15, 0.2) is 0 Å². The van der Waals surface area contributed by atoms with Gasteiger partial charge in [0.05, 0.1) is 0 Å². The molecule has 2 N–H and O–H groups in total. The molecule has 0 atom stereocenters. The maximum atomic E-state index is 10.1. The summed E-state index contributed by atoms with van der Waals surface area (Å²) in [6.07, 6.45) is 0.941. The number of carboxylic acid groups (broad SMARTS) is 1.